The fourth-order valence-corrected chi connectivity index (χ4v) is 3.60. The van der Waals surface area contributed by atoms with Gasteiger partial charge in [-0.2, -0.15) is 0 Å². The van der Waals surface area contributed by atoms with Gasteiger partial charge >= 0.3 is 0 Å². The van der Waals surface area contributed by atoms with Crippen molar-refractivity contribution in [1.82, 2.24) is 0 Å². The summed E-state index contributed by atoms with van der Waals surface area (Å²) in [5.41, 5.74) is 2.34. The molecule has 0 spiro atoms. The van der Waals surface area contributed by atoms with Gasteiger partial charge in [-0.3, -0.25) is 9.59 Å². The molecule has 0 saturated carbocycles. The monoisotopic (exact) mass is 450 g/mol. The van der Waals surface area contributed by atoms with Crippen molar-refractivity contribution in [3.63, 3.8) is 0 Å². The van der Waals surface area contributed by atoms with Crippen molar-refractivity contribution < 1.29 is 19.1 Å². The van der Waals surface area contributed by atoms with Gasteiger partial charge in [0.15, 0.2) is 12.7 Å². The number of hydrogen-bond donors (Lipinski definition) is 1. The first-order chi connectivity index (χ1) is 15.5. The van der Waals surface area contributed by atoms with Crippen LogP contribution in [0.1, 0.15) is 12.5 Å². The minimum absolute atomic E-state index is 0.108. The SMILES string of the molecule is CC1Oc2ccc(NC(=O)COc3ccc(Cl)cc3)cc2N(CCc2ccccc2)C1=O. The number of fused-ring (bicyclic) bond motifs is 1. The zero-order valence-corrected chi connectivity index (χ0v) is 18.3. The molecule has 7 heteroatoms. The molecule has 0 saturated heterocycles. The summed E-state index contributed by atoms with van der Waals surface area (Å²) < 4.78 is 11.2. The molecule has 2 amide bonds. The number of carbonyl (C=O) groups is 2. The van der Waals surface area contributed by atoms with Gasteiger partial charge in [0, 0.05) is 17.3 Å². The van der Waals surface area contributed by atoms with Crippen LogP contribution in [-0.2, 0) is 16.0 Å². The van der Waals surface area contributed by atoms with Crippen molar-refractivity contribution in [2.45, 2.75) is 19.4 Å². The maximum absolute atomic E-state index is 12.8. The molecular formula is C25H23ClN2O4. The second kappa shape index (κ2) is 9.75. The standard InChI is InChI=1S/C25H23ClN2O4/c1-17-25(30)28(14-13-18-5-3-2-4-6-18)22-15-20(9-12-23(22)32-17)27-24(29)16-31-21-10-7-19(26)8-11-21/h2-12,15,17H,13-14,16H2,1H3,(H,27,29). The van der Waals surface area contributed by atoms with E-state index < -0.39 is 6.10 Å². The lowest BCUT2D eigenvalue weighted by atomic mass is 10.1. The molecule has 0 aromatic heterocycles. The number of amides is 2. The molecule has 0 bridgehead atoms. The Morgan fingerprint density at radius 2 is 1.84 bits per heavy atom. The van der Waals surface area contributed by atoms with Crippen LogP contribution in [0.4, 0.5) is 11.4 Å². The Kier molecular flexibility index (Phi) is 6.61. The van der Waals surface area contributed by atoms with E-state index in [1.165, 1.54) is 0 Å². The van der Waals surface area contributed by atoms with E-state index >= 15 is 0 Å². The summed E-state index contributed by atoms with van der Waals surface area (Å²) in [5.74, 6) is 0.741. The van der Waals surface area contributed by atoms with Gasteiger partial charge in [-0.1, -0.05) is 41.9 Å². The maximum atomic E-state index is 12.8. The molecule has 1 unspecified atom stereocenters. The number of anilines is 2. The molecule has 3 aromatic rings. The minimum Gasteiger partial charge on any atom is -0.484 e. The number of hydrogen-bond acceptors (Lipinski definition) is 4. The molecule has 164 valence electrons. The summed E-state index contributed by atoms with van der Waals surface area (Å²) in [6.45, 7) is 2.11. The van der Waals surface area contributed by atoms with Crippen molar-refractivity contribution in [2.75, 3.05) is 23.4 Å². The van der Waals surface area contributed by atoms with E-state index in [4.69, 9.17) is 21.1 Å². The Balaban J connectivity index is 1.45. The quantitative estimate of drug-likeness (QED) is 0.565. The molecule has 1 aliphatic rings. The molecule has 32 heavy (non-hydrogen) atoms. The van der Waals surface area contributed by atoms with Crippen LogP contribution in [0.15, 0.2) is 72.8 Å². The summed E-state index contributed by atoms with van der Waals surface area (Å²) in [7, 11) is 0. The summed E-state index contributed by atoms with van der Waals surface area (Å²) in [5, 5.41) is 3.41. The van der Waals surface area contributed by atoms with Crippen molar-refractivity contribution in [3.8, 4) is 11.5 Å². The van der Waals surface area contributed by atoms with E-state index in [-0.39, 0.29) is 18.4 Å². The number of halogens is 1. The van der Waals surface area contributed by atoms with Crippen molar-refractivity contribution >= 4 is 34.8 Å². The highest BCUT2D eigenvalue weighted by atomic mass is 35.5. The van der Waals surface area contributed by atoms with Gasteiger partial charge in [0.25, 0.3) is 11.8 Å². The molecule has 3 aromatic carbocycles. The van der Waals surface area contributed by atoms with Gasteiger partial charge in [-0.05, 0) is 61.4 Å². The molecule has 0 radical (unpaired) electrons. The normalized spacial score (nSPS) is 15.0. The van der Waals surface area contributed by atoms with Crippen LogP contribution in [0.3, 0.4) is 0 Å². The predicted octanol–water partition coefficient (Wildman–Crippen LogP) is 4.71. The third kappa shape index (κ3) is 5.21. The van der Waals surface area contributed by atoms with Gasteiger partial charge < -0.3 is 19.7 Å². The Morgan fingerprint density at radius 3 is 2.59 bits per heavy atom. The first kappa shape index (κ1) is 21.7. The van der Waals surface area contributed by atoms with Gasteiger partial charge in [-0.25, -0.2) is 0 Å². The zero-order valence-electron chi connectivity index (χ0n) is 17.6. The van der Waals surface area contributed by atoms with E-state index in [1.807, 2.05) is 30.3 Å². The van der Waals surface area contributed by atoms with Crippen LogP contribution >= 0.6 is 11.6 Å². The second-order valence-electron chi connectivity index (χ2n) is 7.46. The largest absolute Gasteiger partial charge is 0.484 e. The van der Waals surface area contributed by atoms with E-state index in [2.05, 4.69) is 5.32 Å². The van der Waals surface area contributed by atoms with Gasteiger partial charge in [-0.15, -0.1) is 0 Å². The number of rotatable bonds is 7. The fraction of sp³-hybridized carbons (Fsp3) is 0.200. The molecule has 0 aliphatic carbocycles. The third-order valence-electron chi connectivity index (χ3n) is 5.10. The highest BCUT2D eigenvalue weighted by Gasteiger charge is 2.31. The Bertz CT molecular complexity index is 1100. The Hall–Kier alpha value is -3.51. The number of carbonyl (C=O) groups excluding carboxylic acids is 2. The number of nitrogens with zero attached hydrogens (tertiary/aromatic N) is 1. The summed E-state index contributed by atoms with van der Waals surface area (Å²) in [4.78, 5) is 26.9. The second-order valence-corrected chi connectivity index (χ2v) is 7.90. The average molecular weight is 451 g/mol. The van der Waals surface area contributed by atoms with E-state index in [1.54, 1.807) is 54.3 Å². The topological polar surface area (TPSA) is 67.9 Å². The number of benzene rings is 3. The predicted molar refractivity (Wildman–Crippen MR) is 125 cm³/mol. The van der Waals surface area contributed by atoms with E-state index in [0.717, 1.165) is 5.56 Å². The first-order valence-electron chi connectivity index (χ1n) is 10.3. The van der Waals surface area contributed by atoms with Crippen molar-refractivity contribution in [3.05, 3.63) is 83.4 Å². The Labute approximate surface area is 191 Å². The maximum Gasteiger partial charge on any atom is 0.267 e. The summed E-state index contributed by atoms with van der Waals surface area (Å²) >= 11 is 5.85. The van der Waals surface area contributed by atoms with Gasteiger partial charge in [0.1, 0.15) is 11.5 Å². The zero-order chi connectivity index (χ0) is 22.5. The molecule has 1 atom stereocenters. The average Bonchev–Trinajstić information content (AvgIpc) is 2.80. The highest BCUT2D eigenvalue weighted by Crippen LogP contribution is 2.36. The van der Waals surface area contributed by atoms with Crippen LogP contribution in [0.5, 0.6) is 11.5 Å². The molecular weight excluding hydrogens is 428 g/mol. The Morgan fingerprint density at radius 1 is 1.09 bits per heavy atom. The smallest absolute Gasteiger partial charge is 0.267 e. The molecule has 0 fully saturated rings. The molecule has 1 aliphatic heterocycles. The summed E-state index contributed by atoms with van der Waals surface area (Å²) in [6.07, 6.45) is 0.149. The highest BCUT2D eigenvalue weighted by molar-refractivity contribution is 6.30. The third-order valence-corrected chi connectivity index (χ3v) is 5.35. The first-order valence-corrected chi connectivity index (χ1v) is 10.7. The lowest BCUT2D eigenvalue weighted by Gasteiger charge is -2.33. The fourth-order valence-electron chi connectivity index (χ4n) is 3.48. The number of ether oxygens (including phenoxy) is 2. The molecule has 1 heterocycles. The lowest BCUT2D eigenvalue weighted by Crippen LogP contribution is -2.45. The minimum atomic E-state index is -0.563. The van der Waals surface area contributed by atoms with Crippen molar-refractivity contribution in [1.29, 1.82) is 0 Å². The molecule has 4 rings (SSSR count). The number of nitrogens with one attached hydrogen (secondary N) is 1. The summed E-state index contributed by atoms with van der Waals surface area (Å²) in [6, 6.07) is 22.0. The van der Waals surface area contributed by atoms with Crippen LogP contribution in [0, 0.1) is 0 Å². The van der Waals surface area contributed by atoms with Crippen LogP contribution in [0.25, 0.3) is 0 Å². The van der Waals surface area contributed by atoms with Crippen LogP contribution in [-0.4, -0.2) is 31.1 Å². The molecule has 6 nitrogen and oxygen atoms in total. The van der Waals surface area contributed by atoms with Crippen LogP contribution < -0.4 is 19.7 Å². The van der Waals surface area contributed by atoms with Gasteiger partial charge in [0.05, 0.1) is 5.69 Å². The van der Waals surface area contributed by atoms with Crippen molar-refractivity contribution in [2.24, 2.45) is 0 Å². The van der Waals surface area contributed by atoms with E-state index in [9.17, 15) is 9.59 Å². The lowest BCUT2D eigenvalue weighted by molar-refractivity contribution is -0.125. The van der Waals surface area contributed by atoms with E-state index in [0.29, 0.717) is 40.9 Å². The molecule has 1 N–H and O–H groups in total. The van der Waals surface area contributed by atoms with Crippen LogP contribution in [0.2, 0.25) is 5.02 Å². The van der Waals surface area contributed by atoms with Gasteiger partial charge in [0.2, 0.25) is 0 Å².